The summed E-state index contributed by atoms with van der Waals surface area (Å²) in [6.07, 6.45) is 1.04. The van der Waals surface area contributed by atoms with Crippen molar-refractivity contribution >= 4 is 23.1 Å². The molecule has 1 unspecified atom stereocenters. The molecule has 1 aliphatic rings. The molecule has 0 radical (unpaired) electrons. The maximum Gasteiger partial charge on any atom is 0.335 e. The van der Waals surface area contributed by atoms with Gasteiger partial charge in [0.2, 0.25) is 0 Å². The molecule has 2 N–H and O–H groups in total. The lowest BCUT2D eigenvalue weighted by Gasteiger charge is -2.06. The van der Waals surface area contributed by atoms with Crippen molar-refractivity contribution in [3.63, 3.8) is 0 Å². The number of nitrogens with one attached hydrogen (secondary N) is 1. The second-order valence-corrected chi connectivity index (χ2v) is 4.62. The summed E-state index contributed by atoms with van der Waals surface area (Å²) < 4.78 is 10.8. The monoisotopic (exact) mass is 262 g/mol. The van der Waals surface area contributed by atoms with E-state index < -0.39 is 5.97 Å². The van der Waals surface area contributed by atoms with Crippen LogP contribution in [0, 0.1) is 5.92 Å². The van der Waals surface area contributed by atoms with E-state index in [4.69, 9.17) is 14.3 Å². The van der Waals surface area contributed by atoms with E-state index in [0.717, 1.165) is 26.2 Å². The number of aromatic carboxylic acids is 1. The van der Waals surface area contributed by atoms with E-state index in [1.165, 1.54) is 12.1 Å². The van der Waals surface area contributed by atoms with Gasteiger partial charge in [-0.05, 0) is 24.6 Å². The van der Waals surface area contributed by atoms with E-state index in [1.54, 1.807) is 6.07 Å². The number of aromatic nitrogens is 1. The standard InChI is InChI=1S/C13H14N2O4/c16-12(17)9-1-2-10-11(5-9)19-13(15-10)14-6-8-3-4-18-7-8/h1-2,5,8H,3-4,6-7H2,(H,14,15)(H,16,17). The predicted molar refractivity (Wildman–Crippen MR) is 68.4 cm³/mol. The Balaban J connectivity index is 1.75. The average Bonchev–Trinajstić information content (AvgIpc) is 3.04. The third kappa shape index (κ3) is 2.53. The van der Waals surface area contributed by atoms with Gasteiger partial charge in [-0.3, -0.25) is 0 Å². The highest BCUT2D eigenvalue weighted by molar-refractivity contribution is 5.92. The number of oxazole rings is 1. The summed E-state index contributed by atoms with van der Waals surface area (Å²) in [7, 11) is 0. The van der Waals surface area contributed by atoms with Gasteiger partial charge in [-0.15, -0.1) is 0 Å². The number of nitrogens with zero attached hydrogens (tertiary/aromatic N) is 1. The molecular formula is C13H14N2O4. The molecule has 3 rings (SSSR count). The van der Waals surface area contributed by atoms with Crippen LogP contribution >= 0.6 is 0 Å². The van der Waals surface area contributed by atoms with Gasteiger partial charge in [0, 0.05) is 19.1 Å². The molecule has 1 saturated heterocycles. The summed E-state index contributed by atoms with van der Waals surface area (Å²) in [6.45, 7) is 2.32. The van der Waals surface area contributed by atoms with Crippen molar-refractivity contribution in [2.45, 2.75) is 6.42 Å². The summed E-state index contributed by atoms with van der Waals surface area (Å²) in [6, 6.07) is 5.06. The van der Waals surface area contributed by atoms with E-state index >= 15 is 0 Å². The fraction of sp³-hybridized carbons (Fsp3) is 0.385. The zero-order valence-corrected chi connectivity index (χ0v) is 10.3. The number of carbonyl (C=O) groups is 1. The third-order valence-electron chi connectivity index (χ3n) is 3.20. The first-order valence-electron chi connectivity index (χ1n) is 6.18. The van der Waals surface area contributed by atoms with Gasteiger partial charge in [-0.2, -0.15) is 4.98 Å². The Morgan fingerprint density at radius 2 is 2.42 bits per heavy atom. The quantitative estimate of drug-likeness (QED) is 0.876. The summed E-state index contributed by atoms with van der Waals surface area (Å²) >= 11 is 0. The fourth-order valence-electron chi connectivity index (χ4n) is 2.11. The van der Waals surface area contributed by atoms with Gasteiger partial charge in [-0.25, -0.2) is 4.79 Å². The van der Waals surface area contributed by atoms with Crippen molar-refractivity contribution in [1.82, 2.24) is 4.98 Å². The molecule has 1 aromatic heterocycles. The number of anilines is 1. The zero-order chi connectivity index (χ0) is 13.2. The molecule has 1 aromatic carbocycles. The molecule has 100 valence electrons. The van der Waals surface area contributed by atoms with Gasteiger partial charge < -0.3 is 19.6 Å². The van der Waals surface area contributed by atoms with Crippen molar-refractivity contribution in [2.75, 3.05) is 25.1 Å². The van der Waals surface area contributed by atoms with Crippen LogP contribution in [0.15, 0.2) is 22.6 Å². The highest BCUT2D eigenvalue weighted by atomic mass is 16.5. The number of hydrogen-bond donors (Lipinski definition) is 2. The lowest BCUT2D eigenvalue weighted by molar-refractivity contribution is 0.0697. The molecule has 19 heavy (non-hydrogen) atoms. The van der Waals surface area contributed by atoms with Crippen molar-refractivity contribution in [2.24, 2.45) is 5.92 Å². The Bertz CT molecular complexity index is 602. The van der Waals surface area contributed by atoms with Gasteiger partial charge in [0.15, 0.2) is 5.58 Å². The molecule has 0 spiro atoms. The van der Waals surface area contributed by atoms with Gasteiger partial charge in [0.25, 0.3) is 6.01 Å². The number of ether oxygens (including phenoxy) is 1. The second kappa shape index (κ2) is 4.89. The van der Waals surface area contributed by atoms with Crippen LogP contribution in [0.1, 0.15) is 16.8 Å². The molecule has 6 heteroatoms. The summed E-state index contributed by atoms with van der Waals surface area (Å²) in [5.41, 5.74) is 1.32. The number of rotatable bonds is 4. The predicted octanol–water partition coefficient (Wildman–Crippen LogP) is 1.97. The van der Waals surface area contributed by atoms with Crippen LogP contribution in [-0.4, -0.2) is 35.8 Å². The molecule has 6 nitrogen and oxygen atoms in total. The van der Waals surface area contributed by atoms with Crippen LogP contribution in [0.25, 0.3) is 11.1 Å². The molecule has 1 fully saturated rings. The van der Waals surface area contributed by atoms with Crippen molar-refractivity contribution in [1.29, 1.82) is 0 Å². The average molecular weight is 262 g/mol. The van der Waals surface area contributed by atoms with Crippen LogP contribution in [-0.2, 0) is 4.74 Å². The van der Waals surface area contributed by atoms with Crippen molar-refractivity contribution < 1.29 is 19.1 Å². The highest BCUT2D eigenvalue weighted by Gasteiger charge is 2.16. The molecule has 1 aliphatic heterocycles. The van der Waals surface area contributed by atoms with Gasteiger partial charge in [0.05, 0.1) is 12.2 Å². The van der Waals surface area contributed by atoms with E-state index in [1.807, 2.05) is 0 Å². The van der Waals surface area contributed by atoms with Crippen LogP contribution < -0.4 is 5.32 Å². The first kappa shape index (κ1) is 12.0. The second-order valence-electron chi connectivity index (χ2n) is 4.62. The smallest absolute Gasteiger partial charge is 0.335 e. The topological polar surface area (TPSA) is 84.6 Å². The normalized spacial score (nSPS) is 18.8. The molecule has 0 bridgehead atoms. The maximum atomic E-state index is 10.9. The lowest BCUT2D eigenvalue weighted by atomic mass is 10.1. The van der Waals surface area contributed by atoms with Crippen LogP contribution in [0.2, 0.25) is 0 Å². The van der Waals surface area contributed by atoms with E-state index in [-0.39, 0.29) is 5.56 Å². The van der Waals surface area contributed by atoms with Gasteiger partial charge in [0.1, 0.15) is 5.52 Å². The summed E-state index contributed by atoms with van der Waals surface area (Å²) in [5, 5.41) is 12.0. The van der Waals surface area contributed by atoms with E-state index in [2.05, 4.69) is 10.3 Å². The molecule has 2 aromatic rings. The number of benzene rings is 1. The molecular weight excluding hydrogens is 248 g/mol. The summed E-state index contributed by atoms with van der Waals surface area (Å²) in [5.74, 6) is -0.500. The Labute approximate surface area is 109 Å². The zero-order valence-electron chi connectivity index (χ0n) is 10.3. The SMILES string of the molecule is O=C(O)c1ccc2nc(NCC3CCOC3)oc2c1. The number of fused-ring (bicyclic) bond motifs is 1. The molecule has 1 atom stereocenters. The van der Waals surface area contributed by atoms with Crippen LogP contribution in [0.5, 0.6) is 0 Å². The van der Waals surface area contributed by atoms with E-state index in [9.17, 15) is 4.79 Å². The number of carboxylic acids is 1. The maximum absolute atomic E-state index is 10.9. The lowest BCUT2D eigenvalue weighted by Crippen LogP contribution is -2.14. The Kier molecular flexibility index (Phi) is 3.08. The highest BCUT2D eigenvalue weighted by Crippen LogP contribution is 2.21. The first-order chi connectivity index (χ1) is 9.22. The third-order valence-corrected chi connectivity index (χ3v) is 3.20. The molecule has 2 heterocycles. The Hall–Kier alpha value is -2.08. The van der Waals surface area contributed by atoms with Crippen molar-refractivity contribution in [3.8, 4) is 0 Å². The van der Waals surface area contributed by atoms with Crippen LogP contribution in [0.3, 0.4) is 0 Å². The molecule has 0 saturated carbocycles. The van der Waals surface area contributed by atoms with Crippen LogP contribution in [0.4, 0.5) is 6.01 Å². The van der Waals surface area contributed by atoms with E-state index in [0.29, 0.717) is 23.0 Å². The number of hydrogen-bond acceptors (Lipinski definition) is 5. The first-order valence-corrected chi connectivity index (χ1v) is 6.18. The minimum absolute atomic E-state index is 0.194. The minimum atomic E-state index is -0.976. The van der Waals surface area contributed by atoms with Gasteiger partial charge >= 0.3 is 5.97 Å². The Morgan fingerprint density at radius 3 is 3.16 bits per heavy atom. The molecule has 0 amide bonds. The molecule has 0 aliphatic carbocycles. The number of carboxylic acid groups (broad SMARTS) is 1. The fourth-order valence-corrected chi connectivity index (χ4v) is 2.11. The van der Waals surface area contributed by atoms with Crippen molar-refractivity contribution in [3.05, 3.63) is 23.8 Å². The minimum Gasteiger partial charge on any atom is -0.478 e. The largest absolute Gasteiger partial charge is 0.478 e. The van der Waals surface area contributed by atoms with Gasteiger partial charge in [-0.1, -0.05) is 0 Å². The summed E-state index contributed by atoms with van der Waals surface area (Å²) in [4.78, 5) is 15.1. The Morgan fingerprint density at radius 1 is 1.53 bits per heavy atom.